The van der Waals surface area contributed by atoms with Crippen LogP contribution in [0.25, 0.3) is 0 Å². The maximum atomic E-state index is 4.68. The lowest BCUT2D eigenvalue weighted by atomic mass is 10.2. The van der Waals surface area contributed by atoms with E-state index < -0.39 is 0 Å². The van der Waals surface area contributed by atoms with Gasteiger partial charge in [0.25, 0.3) is 0 Å². The molecule has 0 saturated carbocycles. The molecule has 0 amide bonds. The molecule has 1 N–H and O–H groups in total. The fourth-order valence-corrected chi connectivity index (χ4v) is 2.24. The fourth-order valence-electron chi connectivity index (χ4n) is 2.24. The van der Waals surface area contributed by atoms with Crippen LogP contribution in [-0.4, -0.2) is 30.1 Å². The molecule has 0 aliphatic carbocycles. The highest BCUT2D eigenvalue weighted by molar-refractivity contribution is 5.33. The highest BCUT2D eigenvalue weighted by Gasteiger charge is 2.13. The summed E-state index contributed by atoms with van der Waals surface area (Å²) in [4.78, 5) is 11.5. The summed E-state index contributed by atoms with van der Waals surface area (Å²) in [6.07, 6.45) is 7.15. The molecule has 94 valence electrons. The third kappa shape index (κ3) is 3.16. The Morgan fingerprint density at radius 3 is 2.59 bits per heavy atom. The summed E-state index contributed by atoms with van der Waals surface area (Å²) in [5.41, 5.74) is 2.28. The van der Waals surface area contributed by atoms with Crippen LogP contribution in [0.3, 0.4) is 0 Å². The van der Waals surface area contributed by atoms with Gasteiger partial charge in [0.15, 0.2) is 0 Å². The normalized spacial score (nSPS) is 16.9. The van der Waals surface area contributed by atoms with E-state index in [-0.39, 0.29) is 0 Å². The van der Waals surface area contributed by atoms with Gasteiger partial charge in [-0.15, -0.1) is 0 Å². The van der Waals surface area contributed by atoms with Crippen LogP contribution in [0.1, 0.15) is 36.9 Å². The molecular formula is C13H22N4. The molecule has 2 heterocycles. The predicted molar refractivity (Wildman–Crippen MR) is 70.2 cm³/mol. The maximum absolute atomic E-state index is 4.68. The van der Waals surface area contributed by atoms with E-state index in [4.69, 9.17) is 0 Å². The number of aryl methyl sites for hydroxylation is 1. The monoisotopic (exact) mass is 234 g/mol. The van der Waals surface area contributed by atoms with Gasteiger partial charge < -0.3 is 10.2 Å². The van der Waals surface area contributed by atoms with E-state index in [1.807, 2.05) is 13.2 Å². The molecule has 0 unspecified atom stereocenters. The molecule has 17 heavy (non-hydrogen) atoms. The molecule has 1 aliphatic rings. The molecule has 0 spiro atoms. The zero-order valence-corrected chi connectivity index (χ0v) is 10.9. The van der Waals surface area contributed by atoms with Gasteiger partial charge in [0, 0.05) is 25.8 Å². The van der Waals surface area contributed by atoms with Gasteiger partial charge >= 0.3 is 0 Å². The molecule has 0 bridgehead atoms. The van der Waals surface area contributed by atoms with Crippen molar-refractivity contribution < 1.29 is 0 Å². The minimum absolute atomic E-state index is 0.815. The van der Waals surface area contributed by atoms with Crippen LogP contribution in [0.5, 0.6) is 0 Å². The number of aromatic nitrogens is 2. The summed E-state index contributed by atoms with van der Waals surface area (Å²) >= 11 is 0. The molecule has 0 aromatic carbocycles. The van der Waals surface area contributed by atoms with Crippen molar-refractivity contribution in [2.75, 3.05) is 25.0 Å². The van der Waals surface area contributed by atoms with Crippen LogP contribution in [-0.2, 0) is 6.54 Å². The Hall–Kier alpha value is -1.16. The lowest BCUT2D eigenvalue weighted by Gasteiger charge is -2.21. The molecule has 0 radical (unpaired) electrons. The van der Waals surface area contributed by atoms with E-state index in [2.05, 4.69) is 27.1 Å². The molecular weight excluding hydrogens is 212 g/mol. The van der Waals surface area contributed by atoms with Gasteiger partial charge in [-0.1, -0.05) is 12.8 Å². The smallest absolute Gasteiger partial charge is 0.225 e. The Morgan fingerprint density at radius 2 is 1.94 bits per heavy atom. The molecule has 1 aromatic heterocycles. The van der Waals surface area contributed by atoms with Gasteiger partial charge in [0.05, 0.1) is 5.69 Å². The second-order valence-electron chi connectivity index (χ2n) is 4.73. The summed E-state index contributed by atoms with van der Waals surface area (Å²) in [7, 11) is 1.95. The standard InChI is InChI=1S/C13H22N4/c1-11-9-15-13(16-12(11)10-14-2)17-7-5-3-4-6-8-17/h9,14H,3-8,10H2,1-2H3. The summed E-state index contributed by atoms with van der Waals surface area (Å²) in [5.74, 6) is 0.905. The first-order valence-corrected chi connectivity index (χ1v) is 6.53. The van der Waals surface area contributed by atoms with Gasteiger partial charge in [-0.2, -0.15) is 0 Å². The van der Waals surface area contributed by atoms with Gasteiger partial charge in [-0.25, -0.2) is 9.97 Å². The number of hydrogen-bond donors (Lipinski definition) is 1. The van der Waals surface area contributed by atoms with Crippen molar-refractivity contribution in [2.24, 2.45) is 0 Å². The Bertz CT molecular complexity index is 356. The first kappa shape index (κ1) is 12.3. The second-order valence-corrected chi connectivity index (χ2v) is 4.73. The van der Waals surface area contributed by atoms with Crippen LogP contribution in [0.2, 0.25) is 0 Å². The Kier molecular flexibility index (Phi) is 4.31. The van der Waals surface area contributed by atoms with Crippen LogP contribution < -0.4 is 10.2 Å². The Labute approximate surface area is 103 Å². The molecule has 1 aromatic rings. The Morgan fingerprint density at radius 1 is 1.24 bits per heavy atom. The van der Waals surface area contributed by atoms with Gasteiger partial charge in [-0.05, 0) is 32.4 Å². The topological polar surface area (TPSA) is 41.1 Å². The van der Waals surface area contributed by atoms with Gasteiger partial charge in [-0.3, -0.25) is 0 Å². The van der Waals surface area contributed by atoms with Crippen molar-refractivity contribution in [1.29, 1.82) is 0 Å². The van der Waals surface area contributed by atoms with Gasteiger partial charge in [0.2, 0.25) is 5.95 Å². The van der Waals surface area contributed by atoms with E-state index in [9.17, 15) is 0 Å². The molecule has 0 atom stereocenters. The third-order valence-corrected chi connectivity index (χ3v) is 3.30. The fraction of sp³-hybridized carbons (Fsp3) is 0.692. The molecule has 4 nitrogen and oxygen atoms in total. The van der Waals surface area contributed by atoms with Crippen LogP contribution in [0.4, 0.5) is 5.95 Å². The first-order chi connectivity index (χ1) is 8.31. The minimum Gasteiger partial charge on any atom is -0.341 e. The molecule has 1 saturated heterocycles. The quantitative estimate of drug-likeness (QED) is 0.867. The van der Waals surface area contributed by atoms with Crippen molar-refractivity contribution >= 4 is 5.95 Å². The minimum atomic E-state index is 0.815. The van der Waals surface area contributed by atoms with Crippen LogP contribution in [0.15, 0.2) is 6.20 Å². The summed E-state index contributed by atoms with van der Waals surface area (Å²) in [6.45, 7) is 5.08. The van der Waals surface area contributed by atoms with Crippen molar-refractivity contribution in [3.63, 3.8) is 0 Å². The van der Waals surface area contributed by atoms with E-state index in [0.29, 0.717) is 0 Å². The van der Waals surface area contributed by atoms with Gasteiger partial charge in [0.1, 0.15) is 0 Å². The van der Waals surface area contributed by atoms with E-state index >= 15 is 0 Å². The van der Waals surface area contributed by atoms with Crippen LogP contribution in [0, 0.1) is 6.92 Å². The summed E-state index contributed by atoms with van der Waals surface area (Å²) in [5, 5.41) is 3.16. The third-order valence-electron chi connectivity index (χ3n) is 3.30. The molecule has 2 rings (SSSR count). The zero-order chi connectivity index (χ0) is 12.1. The van der Waals surface area contributed by atoms with Crippen molar-refractivity contribution in [3.05, 3.63) is 17.5 Å². The lowest BCUT2D eigenvalue weighted by molar-refractivity contribution is 0.726. The molecule has 1 fully saturated rings. The zero-order valence-electron chi connectivity index (χ0n) is 10.9. The number of nitrogens with one attached hydrogen (secondary N) is 1. The number of anilines is 1. The maximum Gasteiger partial charge on any atom is 0.225 e. The largest absolute Gasteiger partial charge is 0.341 e. The highest BCUT2D eigenvalue weighted by Crippen LogP contribution is 2.16. The lowest BCUT2D eigenvalue weighted by Crippen LogP contribution is -2.26. The van der Waals surface area contributed by atoms with Crippen molar-refractivity contribution in [1.82, 2.24) is 15.3 Å². The number of rotatable bonds is 3. The van der Waals surface area contributed by atoms with Crippen LogP contribution >= 0.6 is 0 Å². The van der Waals surface area contributed by atoms with Crippen molar-refractivity contribution in [3.8, 4) is 0 Å². The average Bonchev–Trinajstić information content (AvgIpc) is 2.61. The van der Waals surface area contributed by atoms with E-state index in [1.54, 1.807) is 0 Å². The average molecular weight is 234 g/mol. The number of nitrogens with zero attached hydrogens (tertiary/aromatic N) is 3. The highest BCUT2D eigenvalue weighted by atomic mass is 15.2. The molecule has 1 aliphatic heterocycles. The van der Waals surface area contributed by atoms with Crippen molar-refractivity contribution in [2.45, 2.75) is 39.2 Å². The molecule has 4 heteroatoms. The number of hydrogen-bond acceptors (Lipinski definition) is 4. The van der Waals surface area contributed by atoms with E-state index in [0.717, 1.165) is 36.8 Å². The first-order valence-electron chi connectivity index (χ1n) is 6.53. The Balaban J connectivity index is 2.16. The summed E-state index contributed by atoms with van der Waals surface area (Å²) in [6, 6.07) is 0. The predicted octanol–water partition coefficient (Wildman–Crippen LogP) is 1.88. The second kappa shape index (κ2) is 5.96. The summed E-state index contributed by atoms with van der Waals surface area (Å²) < 4.78 is 0. The van der Waals surface area contributed by atoms with E-state index in [1.165, 1.54) is 25.7 Å². The SMILES string of the molecule is CNCc1nc(N2CCCCCC2)ncc1C.